The maximum atomic E-state index is 13.6. The number of aliphatic hydroxyl groups is 1. The summed E-state index contributed by atoms with van der Waals surface area (Å²) in [4.78, 5) is 103. The van der Waals surface area contributed by atoms with Crippen LogP contribution in [0.15, 0.2) is 24.3 Å². The third-order valence-corrected chi connectivity index (χ3v) is 9.62. The van der Waals surface area contributed by atoms with Gasteiger partial charge in [0.15, 0.2) is 0 Å². The van der Waals surface area contributed by atoms with Crippen molar-refractivity contribution in [2.45, 2.75) is 122 Å². The summed E-state index contributed by atoms with van der Waals surface area (Å²) in [5.41, 5.74) is 11.4. The Kier molecular flexibility index (Phi) is 22.6. The van der Waals surface area contributed by atoms with Crippen molar-refractivity contribution in [3.63, 3.8) is 0 Å². The second kappa shape index (κ2) is 25.8. The highest BCUT2D eigenvalue weighted by Gasteiger charge is 2.34. The molecule has 9 atom stereocenters. The molecule has 58 heavy (non-hydrogen) atoms. The molecule has 0 saturated carbocycles. The number of phenols is 1. The normalized spacial score (nSPS) is 15.7. The average molecular weight is 822 g/mol. The fourth-order valence-corrected chi connectivity index (χ4v) is 5.56. The monoisotopic (exact) mass is 821 g/mol. The first-order chi connectivity index (χ1) is 27.3. The number of aliphatic hydroxyl groups excluding tert-OH is 1. The van der Waals surface area contributed by atoms with E-state index in [1.54, 1.807) is 20.8 Å². The summed E-state index contributed by atoms with van der Waals surface area (Å²) in [7, 11) is 0. The minimum atomic E-state index is -1.63. The zero-order chi connectivity index (χ0) is 44.1. The second-order valence-electron chi connectivity index (χ2n) is 14.4. The van der Waals surface area contributed by atoms with Gasteiger partial charge < -0.3 is 64.0 Å². The van der Waals surface area contributed by atoms with Crippen LogP contribution in [0.25, 0.3) is 0 Å². The van der Waals surface area contributed by atoms with Crippen LogP contribution in [0.2, 0.25) is 0 Å². The predicted octanol–water partition coefficient (Wildman–Crippen LogP) is -2.38. The van der Waals surface area contributed by atoms with Gasteiger partial charge in [0.2, 0.25) is 41.4 Å². The summed E-state index contributed by atoms with van der Waals surface area (Å²) in [5, 5.41) is 47.2. The number of unbranched alkanes of at least 4 members (excludes halogenated alkanes) is 1. The highest BCUT2D eigenvalue weighted by atomic mass is 16.4. The number of nitrogens with two attached hydrogens (primary N) is 2. The number of carbonyl (C=O) groups excluding carboxylic acids is 7. The molecule has 0 spiro atoms. The molecule has 20 nitrogen and oxygen atoms in total. The third-order valence-electron chi connectivity index (χ3n) is 9.62. The Morgan fingerprint density at radius 1 is 0.638 bits per heavy atom. The van der Waals surface area contributed by atoms with Gasteiger partial charge in [-0.2, -0.15) is 0 Å². The Morgan fingerprint density at radius 2 is 1.21 bits per heavy atom. The fourth-order valence-electron chi connectivity index (χ4n) is 5.56. The summed E-state index contributed by atoms with van der Waals surface area (Å²) >= 11 is 0. The number of carbonyl (C=O) groups is 8. The zero-order valence-electron chi connectivity index (χ0n) is 34.1. The number of rotatable bonds is 26. The lowest BCUT2D eigenvalue weighted by molar-refractivity contribution is -0.143. The third kappa shape index (κ3) is 17.4. The van der Waals surface area contributed by atoms with Gasteiger partial charge in [-0.05, 0) is 69.2 Å². The molecule has 0 aliphatic heterocycles. The molecular weight excluding hydrogens is 758 g/mol. The number of carboxylic acids is 1. The smallest absolute Gasteiger partial charge is 0.326 e. The maximum Gasteiger partial charge on any atom is 0.326 e. The van der Waals surface area contributed by atoms with Crippen LogP contribution in [0.1, 0.15) is 79.2 Å². The van der Waals surface area contributed by atoms with Crippen LogP contribution < -0.4 is 48.7 Å². The molecule has 0 aliphatic rings. The van der Waals surface area contributed by atoms with Crippen LogP contribution in [0, 0.1) is 11.8 Å². The first-order valence-electron chi connectivity index (χ1n) is 19.5. The van der Waals surface area contributed by atoms with Crippen molar-refractivity contribution in [1.29, 1.82) is 0 Å². The van der Waals surface area contributed by atoms with Crippen LogP contribution in [-0.2, 0) is 44.8 Å². The number of nitrogens with one attached hydrogen (secondary N) is 7. The average Bonchev–Trinajstić information content (AvgIpc) is 3.18. The molecule has 1 aromatic carbocycles. The fraction of sp³-hybridized carbons (Fsp3) is 0.632. The Labute approximate surface area is 338 Å². The van der Waals surface area contributed by atoms with Crippen molar-refractivity contribution in [2.75, 3.05) is 19.6 Å². The molecular formula is C38H63N9O11. The molecule has 0 bridgehead atoms. The predicted molar refractivity (Wildman–Crippen MR) is 212 cm³/mol. The molecule has 20 heteroatoms. The number of aliphatic carboxylic acids is 1. The van der Waals surface area contributed by atoms with Crippen LogP contribution in [0.4, 0.5) is 0 Å². The number of hydrogen-bond donors (Lipinski definition) is 12. The molecule has 326 valence electrons. The molecule has 7 amide bonds. The Balaban J connectivity index is 3.18. The molecule has 1 aromatic rings. The van der Waals surface area contributed by atoms with E-state index in [0.29, 0.717) is 37.8 Å². The van der Waals surface area contributed by atoms with Gasteiger partial charge in [-0.1, -0.05) is 52.7 Å². The summed E-state index contributed by atoms with van der Waals surface area (Å²) in [5.74, 6) is -7.53. The van der Waals surface area contributed by atoms with Crippen LogP contribution in [0.5, 0.6) is 5.75 Å². The molecule has 14 N–H and O–H groups in total. The summed E-state index contributed by atoms with van der Waals surface area (Å²) < 4.78 is 0. The number of phenolic OH excluding ortho intramolecular Hbond substituents is 1. The van der Waals surface area contributed by atoms with E-state index >= 15 is 0 Å². The second-order valence-corrected chi connectivity index (χ2v) is 14.4. The van der Waals surface area contributed by atoms with Crippen molar-refractivity contribution >= 4 is 47.3 Å². The molecule has 0 aromatic heterocycles. The zero-order valence-corrected chi connectivity index (χ0v) is 34.1. The van der Waals surface area contributed by atoms with E-state index in [-0.39, 0.29) is 31.1 Å². The van der Waals surface area contributed by atoms with Gasteiger partial charge in [-0.3, -0.25) is 33.6 Å². The van der Waals surface area contributed by atoms with Crippen molar-refractivity contribution < 1.29 is 53.7 Å². The summed E-state index contributed by atoms with van der Waals surface area (Å²) in [6, 6.07) is -1.96. The van der Waals surface area contributed by atoms with Gasteiger partial charge in [-0.15, -0.1) is 0 Å². The highest BCUT2D eigenvalue weighted by Crippen LogP contribution is 2.13. The molecule has 0 unspecified atom stereocenters. The van der Waals surface area contributed by atoms with E-state index in [1.807, 2.05) is 6.92 Å². The quantitative estimate of drug-likeness (QED) is 0.0435. The largest absolute Gasteiger partial charge is 0.508 e. The Bertz CT molecular complexity index is 1540. The van der Waals surface area contributed by atoms with E-state index in [2.05, 4.69) is 37.2 Å². The van der Waals surface area contributed by atoms with Crippen molar-refractivity contribution in [1.82, 2.24) is 37.2 Å². The Hall–Kier alpha value is -5.34. The van der Waals surface area contributed by atoms with Crippen LogP contribution in [-0.4, -0.2) is 125 Å². The molecule has 0 saturated heterocycles. The molecule has 1 rings (SSSR count). The topological polar surface area (TPSA) is 334 Å². The first kappa shape index (κ1) is 50.7. The van der Waals surface area contributed by atoms with Gasteiger partial charge >= 0.3 is 5.97 Å². The maximum absolute atomic E-state index is 13.6. The number of hydrogen-bond acceptors (Lipinski definition) is 12. The molecule has 0 aliphatic carbocycles. The number of benzene rings is 1. The highest BCUT2D eigenvalue weighted by molar-refractivity contribution is 5.97. The van der Waals surface area contributed by atoms with E-state index in [9.17, 15) is 53.7 Å². The molecule has 0 fully saturated rings. The lowest BCUT2D eigenvalue weighted by Gasteiger charge is -2.27. The number of carboxylic acid groups (broad SMARTS) is 1. The first-order valence-corrected chi connectivity index (χ1v) is 19.5. The van der Waals surface area contributed by atoms with Gasteiger partial charge in [0.25, 0.3) is 0 Å². The van der Waals surface area contributed by atoms with Crippen LogP contribution >= 0.6 is 0 Å². The summed E-state index contributed by atoms with van der Waals surface area (Å²) in [6.07, 6.45) is 0.390. The minimum absolute atomic E-state index is 0.0651. The van der Waals surface area contributed by atoms with E-state index in [4.69, 9.17) is 11.5 Å². The van der Waals surface area contributed by atoms with Gasteiger partial charge in [0, 0.05) is 6.42 Å². The molecule has 0 radical (unpaired) electrons. The summed E-state index contributed by atoms with van der Waals surface area (Å²) in [6.45, 7) is 8.83. The van der Waals surface area contributed by atoms with Crippen molar-refractivity contribution in [2.24, 2.45) is 23.3 Å². The lowest BCUT2D eigenvalue weighted by atomic mass is 9.98. The molecule has 0 heterocycles. The van der Waals surface area contributed by atoms with Crippen molar-refractivity contribution in [3.8, 4) is 5.75 Å². The number of amides is 7. The van der Waals surface area contributed by atoms with Gasteiger partial charge in [-0.25, -0.2) is 4.79 Å². The van der Waals surface area contributed by atoms with Gasteiger partial charge in [0.05, 0.1) is 19.2 Å². The van der Waals surface area contributed by atoms with Crippen molar-refractivity contribution in [3.05, 3.63) is 29.8 Å². The van der Waals surface area contributed by atoms with Crippen LogP contribution in [0.3, 0.4) is 0 Å². The van der Waals surface area contributed by atoms with Gasteiger partial charge in [0.1, 0.15) is 42.0 Å². The van der Waals surface area contributed by atoms with E-state index in [0.717, 1.165) is 0 Å². The standard InChI is InChI=1S/C38H63N9O11/c1-7-20(3)30(45-28(50)18-40)36(55)42-22(5)33(52)47-32(23(6)48)37(56)44-27(17-24-12-14-25(49)15-13-24)34(53)41-19-29(51)43-26(11-9-10-16-39)35(54)46-31(38(57)58)21(4)8-2/h12-15,20-23,26-27,30-32,48-49H,7-11,16-19,39-40H2,1-6H3,(H,41,53)(H,42,55)(H,43,51)(H,44,56)(H,45,50)(H,46,54)(H,47,52)(H,57,58)/t20-,21-,22-,23+,26-,27-,30-,31-,32-/m0/s1. The van der Waals surface area contributed by atoms with E-state index in [1.165, 1.54) is 38.1 Å². The SMILES string of the molecule is CC[C@H](C)[C@H](NC(=O)[C@H](CCCCN)NC(=O)CNC(=O)[C@H](Cc1ccc(O)cc1)NC(=O)[C@@H](NC(=O)[C@H](C)NC(=O)[C@@H](NC(=O)CN)[C@@H](C)CC)[C@@H](C)O)C(=O)O. The lowest BCUT2D eigenvalue weighted by Crippen LogP contribution is -2.61. The Morgan fingerprint density at radius 3 is 1.74 bits per heavy atom. The number of aromatic hydroxyl groups is 1. The minimum Gasteiger partial charge on any atom is -0.508 e. The van der Waals surface area contributed by atoms with E-state index < -0.39 is 102 Å².